The minimum atomic E-state index is -3.74. The highest BCUT2D eigenvalue weighted by atomic mass is 35.5. The molecule has 1 saturated heterocycles. The average Bonchev–Trinajstić information content (AvgIpc) is 3.43. The zero-order valence-electron chi connectivity index (χ0n) is 19.5. The van der Waals surface area contributed by atoms with Gasteiger partial charge < -0.3 is 25.4 Å². The molecule has 0 amide bonds. The van der Waals surface area contributed by atoms with Crippen LogP contribution in [0.25, 0.3) is 11.2 Å². The van der Waals surface area contributed by atoms with Crippen molar-refractivity contribution >= 4 is 36.4 Å². The zero-order valence-corrected chi connectivity index (χ0v) is 21.1. The molecule has 0 aliphatic carbocycles. The molecule has 196 valence electrons. The van der Waals surface area contributed by atoms with Crippen molar-refractivity contribution in [3.63, 3.8) is 0 Å². The second-order valence-corrected chi connectivity index (χ2v) is 10.3. The minimum absolute atomic E-state index is 0.0769. The zero-order chi connectivity index (χ0) is 25.9. The third kappa shape index (κ3) is 5.70. The summed E-state index contributed by atoms with van der Waals surface area (Å²) in [5.41, 5.74) is 1.50. The van der Waals surface area contributed by atoms with Gasteiger partial charge in [0, 0.05) is 14.2 Å². The molecule has 0 radical (unpaired) electrons. The topological polar surface area (TPSA) is 170 Å². The Balaban J connectivity index is 1.64. The summed E-state index contributed by atoms with van der Waals surface area (Å²) in [4.78, 5) is 12.8. The van der Waals surface area contributed by atoms with Crippen LogP contribution in [0.5, 0.6) is 0 Å². The summed E-state index contributed by atoms with van der Waals surface area (Å²) < 4.78 is 34.7. The van der Waals surface area contributed by atoms with Gasteiger partial charge in [-0.1, -0.05) is 30.3 Å². The maximum atomic E-state index is 12.5. The van der Waals surface area contributed by atoms with Gasteiger partial charge in [-0.2, -0.15) is 9.97 Å². The van der Waals surface area contributed by atoms with Gasteiger partial charge in [-0.25, -0.2) is 9.55 Å². The number of aliphatic hydroxyl groups is 3. The van der Waals surface area contributed by atoms with Crippen molar-refractivity contribution in [1.29, 1.82) is 0 Å². The Morgan fingerprint density at radius 2 is 1.92 bits per heavy atom. The van der Waals surface area contributed by atoms with E-state index in [2.05, 4.69) is 20.3 Å². The van der Waals surface area contributed by atoms with E-state index in [-0.39, 0.29) is 23.4 Å². The molecular formula is C21H27ClN5O8P. The van der Waals surface area contributed by atoms with Crippen LogP contribution in [0.3, 0.4) is 0 Å². The molecular weight excluding hydrogens is 517 g/mol. The van der Waals surface area contributed by atoms with Gasteiger partial charge in [-0.3, -0.25) is 18.1 Å². The summed E-state index contributed by atoms with van der Waals surface area (Å²) in [5, 5.41) is 33.1. The number of aliphatic hydroxyl groups excluding tert-OH is 3. The number of phosphoric ester groups is 1. The van der Waals surface area contributed by atoms with Gasteiger partial charge in [0.05, 0.1) is 25.6 Å². The molecule has 5 atom stereocenters. The number of aromatic nitrogens is 4. The van der Waals surface area contributed by atoms with Crippen molar-refractivity contribution in [3.05, 3.63) is 47.5 Å². The van der Waals surface area contributed by atoms with E-state index < -0.39 is 45.0 Å². The van der Waals surface area contributed by atoms with Crippen molar-refractivity contribution in [2.24, 2.45) is 0 Å². The Morgan fingerprint density at radius 3 is 2.56 bits per heavy atom. The summed E-state index contributed by atoms with van der Waals surface area (Å²) in [6.45, 7) is -0.551. The number of phosphoric acid groups is 1. The van der Waals surface area contributed by atoms with E-state index in [0.717, 1.165) is 5.56 Å². The smallest absolute Gasteiger partial charge is 0.394 e. The Labute approximate surface area is 211 Å². The van der Waals surface area contributed by atoms with Crippen LogP contribution < -0.4 is 5.32 Å². The SMILES string of the molecule is COP(=O)(OC)OCC(Cc1ccccc1)Nc1nc(Cl)nc2c1ncn2[C@@H]1O[C@H](CO)[C@@H](O)[C@H]1O. The molecule has 1 aliphatic heterocycles. The van der Waals surface area contributed by atoms with E-state index in [1.165, 1.54) is 25.1 Å². The van der Waals surface area contributed by atoms with Crippen LogP contribution in [0.2, 0.25) is 5.28 Å². The average molecular weight is 544 g/mol. The molecule has 1 unspecified atom stereocenters. The van der Waals surface area contributed by atoms with Gasteiger partial charge in [0.15, 0.2) is 23.2 Å². The Bertz CT molecular complexity index is 1210. The van der Waals surface area contributed by atoms with Gasteiger partial charge in [-0.05, 0) is 23.6 Å². The highest BCUT2D eigenvalue weighted by Crippen LogP contribution is 2.47. The number of nitrogens with one attached hydrogen (secondary N) is 1. The number of rotatable bonds is 11. The largest absolute Gasteiger partial charge is 0.474 e. The van der Waals surface area contributed by atoms with Gasteiger partial charge in [0.1, 0.15) is 18.3 Å². The molecule has 0 saturated carbocycles. The number of hydrogen-bond donors (Lipinski definition) is 4. The van der Waals surface area contributed by atoms with E-state index in [1.54, 1.807) is 0 Å². The lowest BCUT2D eigenvalue weighted by molar-refractivity contribution is -0.0511. The molecule has 0 bridgehead atoms. The van der Waals surface area contributed by atoms with E-state index in [0.29, 0.717) is 11.9 Å². The number of imidazole rings is 1. The van der Waals surface area contributed by atoms with Crippen molar-refractivity contribution in [2.45, 2.75) is 37.0 Å². The van der Waals surface area contributed by atoms with Crippen LogP contribution in [0, 0.1) is 0 Å². The Morgan fingerprint density at radius 1 is 1.19 bits per heavy atom. The minimum Gasteiger partial charge on any atom is -0.394 e. The number of nitrogens with zero attached hydrogens (tertiary/aromatic N) is 4. The molecule has 1 aliphatic rings. The lowest BCUT2D eigenvalue weighted by atomic mass is 10.1. The van der Waals surface area contributed by atoms with E-state index >= 15 is 0 Å². The number of benzene rings is 1. The Hall–Kier alpha value is -2.19. The van der Waals surface area contributed by atoms with Gasteiger partial charge in [-0.15, -0.1) is 0 Å². The summed E-state index contributed by atoms with van der Waals surface area (Å²) in [6, 6.07) is 9.07. The van der Waals surface area contributed by atoms with Crippen LogP contribution in [-0.4, -0.2) is 86.6 Å². The van der Waals surface area contributed by atoms with Crippen molar-refractivity contribution in [3.8, 4) is 0 Å². The quantitative estimate of drug-likeness (QED) is 0.203. The molecule has 15 heteroatoms. The normalized spacial score (nSPS) is 23.3. The molecule has 1 fully saturated rings. The van der Waals surface area contributed by atoms with Crippen molar-refractivity contribution in [1.82, 2.24) is 19.5 Å². The number of fused-ring (bicyclic) bond motifs is 1. The monoisotopic (exact) mass is 543 g/mol. The number of hydrogen-bond acceptors (Lipinski definition) is 12. The van der Waals surface area contributed by atoms with Crippen molar-refractivity contribution in [2.75, 3.05) is 32.8 Å². The fourth-order valence-corrected chi connectivity index (χ4v) is 4.78. The summed E-state index contributed by atoms with van der Waals surface area (Å²) in [7, 11) is -1.29. The third-order valence-corrected chi connectivity index (χ3v) is 7.26. The second kappa shape index (κ2) is 11.5. The molecule has 0 spiro atoms. The van der Waals surface area contributed by atoms with Crippen molar-refractivity contribution < 1.29 is 38.2 Å². The number of ether oxygens (including phenoxy) is 1. The fraction of sp³-hybridized carbons (Fsp3) is 0.476. The van der Waals surface area contributed by atoms with E-state index in [4.69, 9.17) is 29.9 Å². The number of halogens is 1. The second-order valence-electron chi connectivity index (χ2n) is 8.03. The molecule has 13 nitrogen and oxygen atoms in total. The first kappa shape index (κ1) is 26.9. The summed E-state index contributed by atoms with van der Waals surface area (Å²) >= 11 is 6.21. The van der Waals surface area contributed by atoms with E-state index in [9.17, 15) is 19.9 Å². The van der Waals surface area contributed by atoms with Crippen LogP contribution in [0.1, 0.15) is 11.8 Å². The first-order valence-corrected chi connectivity index (χ1v) is 12.8. The number of anilines is 1. The Kier molecular flexibility index (Phi) is 8.56. The van der Waals surface area contributed by atoms with Gasteiger partial charge in [0.2, 0.25) is 5.28 Å². The van der Waals surface area contributed by atoms with Crippen LogP contribution in [0.4, 0.5) is 5.82 Å². The molecule has 3 aromatic rings. The summed E-state index contributed by atoms with van der Waals surface area (Å²) in [5.74, 6) is 0.254. The van der Waals surface area contributed by atoms with E-state index in [1.807, 2.05) is 30.3 Å². The molecule has 4 N–H and O–H groups in total. The lowest BCUT2D eigenvalue weighted by Gasteiger charge is -2.22. The maximum Gasteiger partial charge on any atom is 0.474 e. The van der Waals surface area contributed by atoms with Crippen LogP contribution >= 0.6 is 19.4 Å². The van der Waals surface area contributed by atoms with Gasteiger partial charge >= 0.3 is 7.82 Å². The summed E-state index contributed by atoms with van der Waals surface area (Å²) in [6.07, 6.45) is -2.83. The fourth-order valence-electron chi connectivity index (χ4n) is 3.89. The molecule has 2 aromatic heterocycles. The third-order valence-electron chi connectivity index (χ3n) is 5.73. The highest BCUT2D eigenvalue weighted by Gasteiger charge is 2.44. The first-order valence-electron chi connectivity index (χ1n) is 11.0. The highest BCUT2D eigenvalue weighted by molar-refractivity contribution is 7.48. The molecule has 36 heavy (non-hydrogen) atoms. The lowest BCUT2D eigenvalue weighted by Crippen LogP contribution is -2.33. The van der Waals surface area contributed by atoms with Crippen LogP contribution in [-0.2, 0) is 29.3 Å². The maximum absolute atomic E-state index is 12.5. The first-order chi connectivity index (χ1) is 17.3. The molecule has 1 aromatic carbocycles. The van der Waals surface area contributed by atoms with Gasteiger partial charge in [0.25, 0.3) is 0 Å². The molecule has 3 heterocycles. The molecule has 4 rings (SSSR count). The standard InChI is InChI=1S/C21H27ClN5O8P/c1-32-36(31,33-2)34-10-13(8-12-6-4-3-5-7-12)24-18-15-19(26-21(22)25-18)27(11-23-15)20-17(30)16(29)14(9-28)35-20/h3-7,11,13-14,16-17,20,28-30H,8-10H2,1-2H3,(H,24,25,26)/t13?,14-,16-,17-,20-/m1/s1. The predicted octanol–water partition coefficient (Wildman–Crippen LogP) is 1.53. The predicted molar refractivity (Wildman–Crippen MR) is 128 cm³/mol. The van der Waals surface area contributed by atoms with Crippen LogP contribution in [0.15, 0.2) is 36.7 Å².